The summed E-state index contributed by atoms with van der Waals surface area (Å²) in [5.74, 6) is -0.647. The molecule has 0 radical (unpaired) electrons. The number of hydrogen-bond donors (Lipinski definition) is 4. The van der Waals surface area contributed by atoms with Crippen LogP contribution in [-0.4, -0.2) is 70.0 Å². The standard InChI is InChI=1S/C40H62O8/c1-10-12-13-31(43)47-23-40-26(20-35(4,5)32(44)33(40)45)25-14-15-28-36(6)18-17-29(41)37(7,22-48-34(46)24(3)11-2)27(36)16-19-38(28,8)39(25,9)21-30(40)42/h10-11,14,26-30,32-33,41-42,44-45H,1,12-13,15-23H2,2-9H3/t26?,27?,28?,29-,30+,32-,33-,36-,37+,38+,39+,40-/m0/s1. The molecule has 0 heterocycles. The molecule has 0 spiro atoms. The lowest BCUT2D eigenvalue weighted by Gasteiger charge is -2.72. The molecule has 0 amide bonds. The Morgan fingerprint density at radius 2 is 1.60 bits per heavy atom. The van der Waals surface area contributed by atoms with E-state index in [0.29, 0.717) is 31.3 Å². The van der Waals surface area contributed by atoms with Gasteiger partial charge >= 0.3 is 11.9 Å². The second-order valence-electron chi connectivity index (χ2n) is 17.9. The van der Waals surface area contributed by atoms with Gasteiger partial charge in [-0.15, -0.1) is 6.58 Å². The van der Waals surface area contributed by atoms with Crippen LogP contribution in [0.2, 0.25) is 0 Å². The third-order valence-electron chi connectivity index (χ3n) is 15.2. The summed E-state index contributed by atoms with van der Waals surface area (Å²) in [6, 6.07) is 0. The van der Waals surface area contributed by atoms with Gasteiger partial charge in [0, 0.05) is 17.4 Å². The van der Waals surface area contributed by atoms with Crippen LogP contribution >= 0.6 is 0 Å². The van der Waals surface area contributed by atoms with E-state index in [-0.39, 0.29) is 54.2 Å². The smallest absolute Gasteiger partial charge is 0.333 e. The van der Waals surface area contributed by atoms with Crippen molar-refractivity contribution in [2.45, 2.75) is 138 Å². The Labute approximate surface area is 288 Å². The maximum absolute atomic E-state index is 12.7. The summed E-state index contributed by atoms with van der Waals surface area (Å²) in [6.07, 6.45) is 7.48. The Bertz CT molecular complexity index is 1350. The van der Waals surface area contributed by atoms with Gasteiger partial charge in [-0.1, -0.05) is 65.3 Å². The van der Waals surface area contributed by atoms with Crippen molar-refractivity contribution in [1.82, 2.24) is 0 Å². The first-order chi connectivity index (χ1) is 22.3. The Morgan fingerprint density at radius 3 is 2.25 bits per heavy atom. The third kappa shape index (κ3) is 5.29. The molecule has 4 fully saturated rings. The fourth-order valence-electron chi connectivity index (χ4n) is 11.8. The van der Waals surface area contributed by atoms with Crippen LogP contribution in [0.3, 0.4) is 0 Å². The minimum absolute atomic E-state index is 0.136. The number of fused-ring (bicyclic) bond motifs is 7. The molecule has 0 saturated heterocycles. The first kappa shape index (κ1) is 37.3. The lowest BCUT2D eigenvalue weighted by atomic mass is 9.33. The molecule has 3 unspecified atom stereocenters. The van der Waals surface area contributed by atoms with Crippen LogP contribution in [-0.2, 0) is 19.1 Å². The van der Waals surface area contributed by atoms with E-state index in [2.05, 4.69) is 40.3 Å². The van der Waals surface area contributed by atoms with Crippen LogP contribution in [0.25, 0.3) is 0 Å². The summed E-state index contributed by atoms with van der Waals surface area (Å²) in [6.45, 7) is 20.4. The van der Waals surface area contributed by atoms with Gasteiger partial charge in [0.2, 0.25) is 0 Å². The van der Waals surface area contributed by atoms with Crippen molar-refractivity contribution in [3.63, 3.8) is 0 Å². The van der Waals surface area contributed by atoms with Crippen molar-refractivity contribution in [1.29, 1.82) is 0 Å². The van der Waals surface area contributed by atoms with Gasteiger partial charge in [0.25, 0.3) is 0 Å². The third-order valence-corrected chi connectivity index (χ3v) is 15.2. The summed E-state index contributed by atoms with van der Waals surface area (Å²) >= 11 is 0. The van der Waals surface area contributed by atoms with Crippen LogP contribution in [0.4, 0.5) is 0 Å². The highest BCUT2D eigenvalue weighted by Crippen LogP contribution is 2.75. The van der Waals surface area contributed by atoms with E-state index in [1.807, 2.05) is 20.8 Å². The van der Waals surface area contributed by atoms with Gasteiger partial charge in [0.15, 0.2) is 0 Å². The largest absolute Gasteiger partial charge is 0.465 e. The normalized spacial score (nSPS) is 46.5. The molecular formula is C40H62O8. The lowest BCUT2D eigenvalue weighted by molar-refractivity contribution is -0.261. The Morgan fingerprint density at radius 1 is 0.917 bits per heavy atom. The van der Waals surface area contributed by atoms with Crippen molar-refractivity contribution in [2.24, 2.45) is 50.2 Å². The molecule has 8 nitrogen and oxygen atoms in total. The molecule has 5 aliphatic carbocycles. The van der Waals surface area contributed by atoms with Crippen LogP contribution in [0.15, 0.2) is 36.0 Å². The van der Waals surface area contributed by atoms with Gasteiger partial charge in [-0.3, -0.25) is 4.79 Å². The number of esters is 2. The van der Waals surface area contributed by atoms with Crippen molar-refractivity contribution in [3.8, 4) is 0 Å². The molecule has 270 valence electrons. The number of aliphatic hydroxyl groups is 4. The molecule has 0 aromatic heterocycles. The zero-order valence-corrected chi connectivity index (χ0v) is 30.7. The molecule has 4 saturated carbocycles. The van der Waals surface area contributed by atoms with E-state index in [1.165, 1.54) is 5.57 Å². The SMILES string of the molecule is C=CCCC(=O)OC[C@@]12C(CC(C)(C)[C@@H](O)[C@@H]1O)C1=CCC3[C@@]4(C)CC[C@H](O)[C@](C)(COC(=O)C(C)=CC)C4CC[C@@]3(C)[C@]1(C)C[C@H]2O. The van der Waals surface area contributed by atoms with Crippen molar-refractivity contribution >= 4 is 11.9 Å². The minimum Gasteiger partial charge on any atom is -0.465 e. The first-order valence-corrected chi connectivity index (χ1v) is 18.3. The molecule has 12 atom stereocenters. The van der Waals surface area contributed by atoms with E-state index in [1.54, 1.807) is 19.1 Å². The maximum atomic E-state index is 12.7. The van der Waals surface area contributed by atoms with Crippen molar-refractivity contribution < 1.29 is 39.5 Å². The Kier molecular flexibility index (Phi) is 9.82. The average molecular weight is 671 g/mol. The van der Waals surface area contributed by atoms with E-state index in [4.69, 9.17) is 9.47 Å². The minimum atomic E-state index is -1.27. The number of allylic oxidation sites excluding steroid dienone is 4. The predicted octanol–water partition coefficient (Wildman–Crippen LogP) is 6.06. The molecule has 0 aliphatic heterocycles. The highest BCUT2D eigenvalue weighted by atomic mass is 16.5. The van der Waals surface area contributed by atoms with Gasteiger partial charge in [-0.2, -0.15) is 0 Å². The molecular weight excluding hydrogens is 608 g/mol. The summed E-state index contributed by atoms with van der Waals surface area (Å²) in [5.41, 5.74) is -1.43. The summed E-state index contributed by atoms with van der Waals surface area (Å²) < 4.78 is 11.7. The van der Waals surface area contributed by atoms with Gasteiger partial charge in [0.05, 0.1) is 36.4 Å². The van der Waals surface area contributed by atoms with E-state index < -0.39 is 52.0 Å². The molecule has 8 heteroatoms. The molecule has 48 heavy (non-hydrogen) atoms. The second-order valence-corrected chi connectivity index (χ2v) is 17.9. The highest BCUT2D eigenvalue weighted by molar-refractivity contribution is 5.87. The Hall–Kier alpha value is -2.00. The zero-order valence-electron chi connectivity index (χ0n) is 30.7. The van der Waals surface area contributed by atoms with Crippen molar-refractivity contribution in [3.05, 3.63) is 36.0 Å². The maximum Gasteiger partial charge on any atom is 0.333 e. The second kappa shape index (κ2) is 12.6. The van der Waals surface area contributed by atoms with Crippen LogP contribution in [0.1, 0.15) is 113 Å². The molecule has 4 N–H and O–H groups in total. The molecule has 0 aromatic rings. The number of rotatable bonds is 8. The topological polar surface area (TPSA) is 134 Å². The predicted molar refractivity (Wildman–Crippen MR) is 184 cm³/mol. The number of carbonyl (C=O) groups is 2. The van der Waals surface area contributed by atoms with Gasteiger partial charge in [-0.05, 0) is 105 Å². The van der Waals surface area contributed by atoms with E-state index in [0.717, 1.165) is 25.7 Å². The number of carbonyl (C=O) groups excluding carboxylic acids is 2. The number of aliphatic hydroxyl groups excluding tert-OH is 4. The van der Waals surface area contributed by atoms with Gasteiger partial charge < -0.3 is 29.9 Å². The fraction of sp³-hybridized carbons (Fsp3) is 0.800. The Balaban J connectivity index is 1.54. The average Bonchev–Trinajstić information content (AvgIpc) is 3.03. The number of ether oxygens (including phenoxy) is 2. The molecule has 0 aromatic carbocycles. The highest BCUT2D eigenvalue weighted by Gasteiger charge is 2.72. The van der Waals surface area contributed by atoms with Gasteiger partial charge in [-0.25, -0.2) is 4.79 Å². The lowest BCUT2D eigenvalue weighted by Crippen LogP contribution is -2.72. The van der Waals surface area contributed by atoms with Gasteiger partial charge in [0.1, 0.15) is 6.61 Å². The van der Waals surface area contributed by atoms with Crippen LogP contribution in [0.5, 0.6) is 0 Å². The van der Waals surface area contributed by atoms with Crippen LogP contribution < -0.4 is 0 Å². The van der Waals surface area contributed by atoms with Crippen LogP contribution in [0, 0.1) is 50.2 Å². The summed E-state index contributed by atoms with van der Waals surface area (Å²) in [7, 11) is 0. The monoisotopic (exact) mass is 670 g/mol. The molecule has 5 aliphatic rings. The summed E-state index contributed by atoms with van der Waals surface area (Å²) in [5, 5.41) is 47.1. The first-order valence-electron chi connectivity index (χ1n) is 18.3. The van der Waals surface area contributed by atoms with Crippen molar-refractivity contribution in [2.75, 3.05) is 13.2 Å². The number of hydrogen-bond acceptors (Lipinski definition) is 8. The fourth-order valence-corrected chi connectivity index (χ4v) is 11.8. The van der Waals surface area contributed by atoms with E-state index >= 15 is 0 Å². The quantitative estimate of drug-likeness (QED) is 0.139. The molecule has 5 rings (SSSR count). The molecule has 0 bridgehead atoms. The summed E-state index contributed by atoms with van der Waals surface area (Å²) in [4.78, 5) is 25.4. The zero-order chi connectivity index (χ0) is 35.7. The van der Waals surface area contributed by atoms with E-state index in [9.17, 15) is 30.0 Å².